The van der Waals surface area contributed by atoms with Crippen molar-refractivity contribution in [3.8, 4) is 0 Å². The molecule has 0 radical (unpaired) electrons. The van der Waals surface area contributed by atoms with Gasteiger partial charge in [-0.25, -0.2) is 4.68 Å². The second-order valence-electron chi connectivity index (χ2n) is 6.89. The summed E-state index contributed by atoms with van der Waals surface area (Å²) in [7, 11) is 1.49. The molecule has 0 bridgehead atoms. The third kappa shape index (κ3) is 3.93. The van der Waals surface area contributed by atoms with Gasteiger partial charge in [-0.2, -0.15) is 5.10 Å². The van der Waals surface area contributed by atoms with Gasteiger partial charge in [0.25, 0.3) is 11.5 Å². The minimum atomic E-state index is -0.369. The normalized spacial score (nSPS) is 18.6. The fraction of sp³-hybridized carbons (Fsp3) is 0.600. The van der Waals surface area contributed by atoms with Crippen molar-refractivity contribution in [2.75, 3.05) is 13.1 Å². The summed E-state index contributed by atoms with van der Waals surface area (Å²) in [6.07, 6.45) is 0.299. The van der Waals surface area contributed by atoms with Crippen molar-refractivity contribution in [2.45, 2.75) is 33.2 Å². The maximum absolute atomic E-state index is 12.1. The SMILES string of the molecule is Cn1nc(C(=O)N[C@@H]2CC(=O)N(CC(C)(C)C)C2)ccc1=O. The highest BCUT2D eigenvalue weighted by Crippen LogP contribution is 2.20. The Morgan fingerprint density at radius 3 is 2.64 bits per heavy atom. The molecule has 1 N–H and O–H groups in total. The van der Waals surface area contributed by atoms with Crippen molar-refractivity contribution in [3.63, 3.8) is 0 Å². The zero-order chi connectivity index (χ0) is 16.5. The number of carbonyl (C=O) groups is 2. The lowest BCUT2D eigenvalue weighted by molar-refractivity contribution is -0.128. The number of aromatic nitrogens is 2. The number of rotatable bonds is 3. The van der Waals surface area contributed by atoms with E-state index in [1.54, 1.807) is 4.90 Å². The number of carbonyl (C=O) groups excluding carboxylic acids is 2. The van der Waals surface area contributed by atoms with Crippen LogP contribution >= 0.6 is 0 Å². The number of nitrogens with one attached hydrogen (secondary N) is 1. The van der Waals surface area contributed by atoms with E-state index in [9.17, 15) is 14.4 Å². The van der Waals surface area contributed by atoms with E-state index in [0.29, 0.717) is 19.5 Å². The van der Waals surface area contributed by atoms with Gasteiger partial charge in [-0.1, -0.05) is 20.8 Å². The fourth-order valence-electron chi connectivity index (χ4n) is 2.48. The molecule has 0 spiro atoms. The first-order chi connectivity index (χ1) is 10.2. The first-order valence-corrected chi connectivity index (χ1v) is 7.29. The van der Waals surface area contributed by atoms with Crippen molar-refractivity contribution >= 4 is 11.8 Å². The van der Waals surface area contributed by atoms with Crippen LogP contribution in [-0.2, 0) is 11.8 Å². The van der Waals surface area contributed by atoms with Gasteiger partial charge in [0.1, 0.15) is 5.69 Å². The van der Waals surface area contributed by atoms with Crippen molar-refractivity contribution in [1.82, 2.24) is 20.0 Å². The number of likely N-dealkylation sites (tertiary alicyclic amines) is 1. The third-order valence-electron chi connectivity index (χ3n) is 3.41. The molecular weight excluding hydrogens is 284 g/mol. The molecule has 2 amide bonds. The van der Waals surface area contributed by atoms with Crippen LogP contribution < -0.4 is 10.9 Å². The number of hydrogen-bond acceptors (Lipinski definition) is 4. The van der Waals surface area contributed by atoms with Crippen LogP contribution in [0.4, 0.5) is 0 Å². The fourth-order valence-corrected chi connectivity index (χ4v) is 2.48. The molecule has 120 valence electrons. The van der Waals surface area contributed by atoms with Crippen LogP contribution in [0, 0.1) is 5.41 Å². The van der Waals surface area contributed by atoms with Crippen LogP contribution in [0.5, 0.6) is 0 Å². The zero-order valence-electron chi connectivity index (χ0n) is 13.4. The van der Waals surface area contributed by atoms with Gasteiger partial charge in [0, 0.05) is 32.6 Å². The first kappa shape index (κ1) is 16.2. The van der Waals surface area contributed by atoms with Crippen LogP contribution in [0.1, 0.15) is 37.7 Å². The minimum Gasteiger partial charge on any atom is -0.346 e. The summed E-state index contributed by atoms with van der Waals surface area (Å²) in [6.45, 7) is 7.38. The Hall–Kier alpha value is -2.18. The Bertz CT molecular complexity index is 645. The Morgan fingerprint density at radius 2 is 2.05 bits per heavy atom. The van der Waals surface area contributed by atoms with Gasteiger partial charge < -0.3 is 10.2 Å². The molecule has 1 aromatic rings. The van der Waals surface area contributed by atoms with E-state index in [2.05, 4.69) is 31.2 Å². The molecular formula is C15H22N4O3. The molecule has 0 aliphatic carbocycles. The average Bonchev–Trinajstić information content (AvgIpc) is 2.70. The second-order valence-corrected chi connectivity index (χ2v) is 6.89. The number of nitrogens with zero attached hydrogens (tertiary/aromatic N) is 3. The monoisotopic (exact) mass is 306 g/mol. The van der Waals surface area contributed by atoms with Crippen LogP contribution in [0.25, 0.3) is 0 Å². The van der Waals surface area contributed by atoms with E-state index in [1.807, 2.05) is 0 Å². The van der Waals surface area contributed by atoms with E-state index in [1.165, 1.54) is 19.2 Å². The third-order valence-corrected chi connectivity index (χ3v) is 3.41. The molecule has 22 heavy (non-hydrogen) atoms. The summed E-state index contributed by atoms with van der Waals surface area (Å²) in [6, 6.07) is 2.47. The first-order valence-electron chi connectivity index (χ1n) is 7.29. The Kier molecular flexibility index (Phi) is 4.35. The molecule has 1 aliphatic rings. The van der Waals surface area contributed by atoms with E-state index < -0.39 is 0 Å². The maximum Gasteiger partial charge on any atom is 0.272 e. The van der Waals surface area contributed by atoms with E-state index in [-0.39, 0.29) is 34.5 Å². The number of aryl methyl sites for hydroxylation is 1. The molecule has 0 aromatic carbocycles. The van der Waals surface area contributed by atoms with Crippen LogP contribution in [-0.4, -0.2) is 45.6 Å². The van der Waals surface area contributed by atoms with E-state index >= 15 is 0 Å². The Labute approximate surface area is 129 Å². The number of hydrogen-bond donors (Lipinski definition) is 1. The number of amides is 2. The highest BCUT2D eigenvalue weighted by atomic mass is 16.2. The lowest BCUT2D eigenvalue weighted by atomic mass is 9.96. The molecule has 1 fully saturated rings. The quantitative estimate of drug-likeness (QED) is 0.862. The molecule has 1 aliphatic heterocycles. The molecule has 7 nitrogen and oxygen atoms in total. The van der Waals surface area contributed by atoms with Crippen LogP contribution in [0.2, 0.25) is 0 Å². The lowest BCUT2D eigenvalue weighted by Crippen LogP contribution is -2.39. The van der Waals surface area contributed by atoms with Gasteiger partial charge >= 0.3 is 0 Å². The van der Waals surface area contributed by atoms with Gasteiger partial charge in [-0.3, -0.25) is 14.4 Å². The Balaban J connectivity index is 1.99. The predicted octanol–water partition coefficient (Wildman–Crippen LogP) is 0.157. The smallest absolute Gasteiger partial charge is 0.272 e. The lowest BCUT2D eigenvalue weighted by Gasteiger charge is -2.26. The molecule has 0 unspecified atom stereocenters. The average molecular weight is 306 g/mol. The van der Waals surface area contributed by atoms with Crippen molar-refractivity contribution in [3.05, 3.63) is 28.2 Å². The summed E-state index contributed by atoms with van der Waals surface area (Å²) >= 11 is 0. The van der Waals surface area contributed by atoms with E-state index in [4.69, 9.17) is 0 Å². The van der Waals surface area contributed by atoms with Crippen molar-refractivity contribution < 1.29 is 9.59 Å². The largest absolute Gasteiger partial charge is 0.346 e. The van der Waals surface area contributed by atoms with Gasteiger partial charge in [0.2, 0.25) is 5.91 Å². The van der Waals surface area contributed by atoms with Gasteiger partial charge in [-0.15, -0.1) is 0 Å². The maximum atomic E-state index is 12.1. The molecule has 1 aromatic heterocycles. The van der Waals surface area contributed by atoms with Crippen molar-refractivity contribution in [1.29, 1.82) is 0 Å². The summed E-state index contributed by atoms with van der Waals surface area (Å²) in [5.41, 5.74) is -0.0823. The molecule has 1 saturated heterocycles. The minimum absolute atomic E-state index is 0.0217. The standard InChI is InChI=1S/C15H22N4O3/c1-15(2,3)9-19-8-10(7-13(19)21)16-14(22)11-5-6-12(20)18(4)17-11/h5-6,10H,7-9H2,1-4H3,(H,16,22)/t10-/m1/s1. The molecule has 0 saturated carbocycles. The molecule has 7 heteroatoms. The van der Waals surface area contributed by atoms with E-state index in [0.717, 1.165) is 4.68 Å². The summed E-state index contributed by atoms with van der Waals surface area (Å²) in [5.74, 6) is -0.320. The summed E-state index contributed by atoms with van der Waals surface area (Å²) < 4.78 is 1.11. The van der Waals surface area contributed by atoms with Crippen LogP contribution in [0.3, 0.4) is 0 Å². The second kappa shape index (κ2) is 5.90. The zero-order valence-corrected chi connectivity index (χ0v) is 13.4. The van der Waals surface area contributed by atoms with Gasteiger partial charge in [0.15, 0.2) is 0 Å². The predicted molar refractivity (Wildman–Crippen MR) is 81.4 cm³/mol. The molecule has 2 heterocycles. The Morgan fingerprint density at radius 1 is 1.36 bits per heavy atom. The van der Waals surface area contributed by atoms with Crippen LogP contribution in [0.15, 0.2) is 16.9 Å². The van der Waals surface area contributed by atoms with Crippen molar-refractivity contribution in [2.24, 2.45) is 12.5 Å². The molecule has 2 rings (SSSR count). The summed E-state index contributed by atoms with van der Waals surface area (Å²) in [4.78, 5) is 37.2. The topological polar surface area (TPSA) is 84.3 Å². The highest BCUT2D eigenvalue weighted by Gasteiger charge is 2.33. The molecule has 1 atom stereocenters. The van der Waals surface area contributed by atoms with Gasteiger partial charge in [-0.05, 0) is 11.5 Å². The highest BCUT2D eigenvalue weighted by molar-refractivity contribution is 5.93. The van der Waals surface area contributed by atoms with Gasteiger partial charge in [0.05, 0.1) is 6.04 Å². The summed E-state index contributed by atoms with van der Waals surface area (Å²) in [5, 5.41) is 6.71.